The average molecular weight is 222 g/mol. The highest BCUT2D eigenvalue weighted by atomic mass is 16.6. The number of hydrogen-bond donors (Lipinski definition) is 0. The quantitative estimate of drug-likeness (QED) is 0.539. The number of rotatable bonds is 4. The standard InChI is InChI=1S/C14H22O2/c1-5-13(3,4)12(15)16-14(6-2)8-7-10-9-11(10)14/h6,10-11H,2,5,7-9H2,1,3-4H3. The fourth-order valence-electron chi connectivity index (χ4n) is 2.64. The summed E-state index contributed by atoms with van der Waals surface area (Å²) in [6.45, 7) is 9.80. The van der Waals surface area contributed by atoms with Gasteiger partial charge < -0.3 is 4.74 Å². The molecule has 90 valence electrons. The largest absolute Gasteiger partial charge is 0.454 e. The fourth-order valence-corrected chi connectivity index (χ4v) is 2.64. The first-order chi connectivity index (χ1) is 7.45. The Hall–Kier alpha value is -0.790. The maximum atomic E-state index is 12.1. The highest BCUT2D eigenvalue weighted by molar-refractivity contribution is 5.76. The fraction of sp³-hybridized carbons (Fsp3) is 0.786. The molecule has 2 rings (SSSR count). The predicted molar refractivity (Wildman–Crippen MR) is 63.9 cm³/mol. The summed E-state index contributed by atoms with van der Waals surface area (Å²) < 4.78 is 5.80. The number of carbonyl (C=O) groups is 1. The Bertz CT molecular complexity index is 319. The van der Waals surface area contributed by atoms with Gasteiger partial charge in [-0.3, -0.25) is 4.79 Å². The first-order valence-corrected chi connectivity index (χ1v) is 6.32. The molecule has 2 aliphatic carbocycles. The van der Waals surface area contributed by atoms with E-state index in [4.69, 9.17) is 4.74 Å². The molecule has 0 aromatic heterocycles. The molecule has 2 saturated carbocycles. The van der Waals surface area contributed by atoms with Gasteiger partial charge in [-0.25, -0.2) is 0 Å². The molecule has 0 radical (unpaired) electrons. The minimum absolute atomic E-state index is 0.0672. The number of carbonyl (C=O) groups excluding carboxylic acids is 1. The third-order valence-corrected chi connectivity index (χ3v) is 4.52. The van der Waals surface area contributed by atoms with Crippen LogP contribution in [-0.4, -0.2) is 11.6 Å². The van der Waals surface area contributed by atoms with E-state index in [-0.39, 0.29) is 17.0 Å². The number of ether oxygens (including phenoxy) is 1. The highest BCUT2D eigenvalue weighted by Crippen LogP contribution is 2.59. The van der Waals surface area contributed by atoms with E-state index in [1.807, 2.05) is 26.8 Å². The molecule has 0 amide bonds. The Morgan fingerprint density at radius 1 is 1.62 bits per heavy atom. The maximum Gasteiger partial charge on any atom is 0.312 e. The van der Waals surface area contributed by atoms with Crippen LogP contribution in [0, 0.1) is 17.3 Å². The lowest BCUT2D eigenvalue weighted by Gasteiger charge is -2.32. The lowest BCUT2D eigenvalue weighted by molar-refractivity contribution is -0.167. The van der Waals surface area contributed by atoms with Crippen molar-refractivity contribution in [2.24, 2.45) is 17.3 Å². The van der Waals surface area contributed by atoms with Crippen LogP contribution in [0.15, 0.2) is 12.7 Å². The topological polar surface area (TPSA) is 26.3 Å². The van der Waals surface area contributed by atoms with Gasteiger partial charge in [0.05, 0.1) is 5.41 Å². The van der Waals surface area contributed by atoms with Gasteiger partial charge in [-0.2, -0.15) is 0 Å². The van der Waals surface area contributed by atoms with Crippen LogP contribution < -0.4 is 0 Å². The molecule has 3 atom stereocenters. The molecule has 0 saturated heterocycles. The van der Waals surface area contributed by atoms with E-state index in [2.05, 4.69) is 6.58 Å². The maximum absolute atomic E-state index is 12.1. The molecule has 0 spiro atoms. The summed E-state index contributed by atoms with van der Waals surface area (Å²) >= 11 is 0. The van der Waals surface area contributed by atoms with Crippen LogP contribution in [0.1, 0.15) is 46.5 Å². The molecular weight excluding hydrogens is 200 g/mol. The van der Waals surface area contributed by atoms with Crippen molar-refractivity contribution in [3.05, 3.63) is 12.7 Å². The lowest BCUT2D eigenvalue weighted by atomic mass is 9.89. The summed E-state index contributed by atoms with van der Waals surface area (Å²) in [5, 5.41) is 0. The normalized spacial score (nSPS) is 36.7. The van der Waals surface area contributed by atoms with Crippen LogP contribution in [0.25, 0.3) is 0 Å². The van der Waals surface area contributed by atoms with Crippen molar-refractivity contribution in [1.29, 1.82) is 0 Å². The third-order valence-electron chi connectivity index (χ3n) is 4.52. The zero-order valence-corrected chi connectivity index (χ0v) is 10.6. The smallest absolute Gasteiger partial charge is 0.312 e. The monoisotopic (exact) mass is 222 g/mol. The first-order valence-electron chi connectivity index (χ1n) is 6.32. The molecule has 3 unspecified atom stereocenters. The number of fused-ring (bicyclic) bond motifs is 1. The highest BCUT2D eigenvalue weighted by Gasteiger charge is 2.59. The molecule has 0 aromatic carbocycles. The van der Waals surface area contributed by atoms with Gasteiger partial charge >= 0.3 is 5.97 Å². The van der Waals surface area contributed by atoms with Gasteiger partial charge in [0, 0.05) is 5.92 Å². The Labute approximate surface area is 98.1 Å². The summed E-state index contributed by atoms with van der Waals surface area (Å²) in [6.07, 6.45) is 6.06. The summed E-state index contributed by atoms with van der Waals surface area (Å²) in [6, 6.07) is 0. The minimum atomic E-state index is -0.372. The zero-order valence-electron chi connectivity index (χ0n) is 10.6. The molecule has 0 heterocycles. The molecule has 2 nitrogen and oxygen atoms in total. The van der Waals surface area contributed by atoms with Crippen molar-refractivity contribution in [1.82, 2.24) is 0 Å². The summed E-state index contributed by atoms with van der Waals surface area (Å²) in [5.74, 6) is 1.28. The van der Waals surface area contributed by atoms with Crippen molar-refractivity contribution >= 4 is 5.97 Å². The second kappa shape index (κ2) is 3.61. The molecule has 0 aromatic rings. The number of esters is 1. The van der Waals surface area contributed by atoms with E-state index in [1.54, 1.807) is 0 Å². The van der Waals surface area contributed by atoms with Gasteiger partial charge in [0.15, 0.2) is 0 Å². The minimum Gasteiger partial charge on any atom is -0.454 e. The van der Waals surface area contributed by atoms with E-state index < -0.39 is 0 Å². The van der Waals surface area contributed by atoms with Gasteiger partial charge in [0.1, 0.15) is 5.60 Å². The van der Waals surface area contributed by atoms with E-state index in [0.717, 1.165) is 18.8 Å². The predicted octanol–water partition coefficient (Wildman–Crippen LogP) is 3.32. The molecule has 0 bridgehead atoms. The van der Waals surface area contributed by atoms with Gasteiger partial charge in [-0.15, -0.1) is 0 Å². The second-order valence-corrected chi connectivity index (χ2v) is 5.93. The van der Waals surface area contributed by atoms with Crippen LogP contribution in [0.4, 0.5) is 0 Å². The van der Waals surface area contributed by atoms with Crippen molar-refractivity contribution in [2.45, 2.75) is 52.1 Å². The van der Waals surface area contributed by atoms with Gasteiger partial charge in [-0.05, 0) is 51.5 Å². The van der Waals surface area contributed by atoms with E-state index in [1.165, 1.54) is 12.8 Å². The van der Waals surface area contributed by atoms with E-state index in [0.29, 0.717) is 5.92 Å². The van der Waals surface area contributed by atoms with Gasteiger partial charge in [0.25, 0.3) is 0 Å². The van der Waals surface area contributed by atoms with Crippen LogP contribution in [0.3, 0.4) is 0 Å². The molecule has 2 fully saturated rings. The second-order valence-electron chi connectivity index (χ2n) is 5.93. The lowest BCUT2D eigenvalue weighted by Crippen LogP contribution is -2.38. The average Bonchev–Trinajstić information content (AvgIpc) is 2.98. The molecule has 0 N–H and O–H groups in total. The van der Waals surface area contributed by atoms with Gasteiger partial charge in [0.2, 0.25) is 0 Å². The van der Waals surface area contributed by atoms with Crippen molar-refractivity contribution in [3.8, 4) is 0 Å². The van der Waals surface area contributed by atoms with Gasteiger partial charge in [-0.1, -0.05) is 13.5 Å². The Morgan fingerprint density at radius 3 is 2.69 bits per heavy atom. The Kier molecular flexibility index (Phi) is 2.64. The summed E-state index contributed by atoms with van der Waals surface area (Å²) in [7, 11) is 0. The van der Waals surface area contributed by atoms with Crippen LogP contribution in [0.2, 0.25) is 0 Å². The SMILES string of the molecule is C=CC1(OC(=O)C(C)(C)CC)CCC2CC21. The first kappa shape index (κ1) is 11.7. The van der Waals surface area contributed by atoms with Crippen LogP contribution in [0.5, 0.6) is 0 Å². The summed E-state index contributed by atoms with van der Waals surface area (Å²) in [4.78, 5) is 12.1. The van der Waals surface area contributed by atoms with Crippen molar-refractivity contribution < 1.29 is 9.53 Å². The third kappa shape index (κ3) is 1.68. The zero-order chi connectivity index (χ0) is 12.0. The Morgan fingerprint density at radius 2 is 2.31 bits per heavy atom. The van der Waals surface area contributed by atoms with Crippen LogP contribution >= 0.6 is 0 Å². The molecular formula is C14H22O2. The van der Waals surface area contributed by atoms with Crippen LogP contribution in [-0.2, 0) is 9.53 Å². The molecule has 0 aliphatic heterocycles. The van der Waals surface area contributed by atoms with Crippen molar-refractivity contribution in [2.75, 3.05) is 0 Å². The molecule has 16 heavy (non-hydrogen) atoms. The van der Waals surface area contributed by atoms with E-state index in [9.17, 15) is 4.79 Å². The van der Waals surface area contributed by atoms with Crippen molar-refractivity contribution in [3.63, 3.8) is 0 Å². The number of hydrogen-bond acceptors (Lipinski definition) is 2. The molecule has 2 heteroatoms. The molecule has 2 aliphatic rings. The summed E-state index contributed by atoms with van der Waals surface area (Å²) in [5.41, 5.74) is -0.711. The van der Waals surface area contributed by atoms with E-state index >= 15 is 0 Å². The Balaban J connectivity index is 2.08.